The summed E-state index contributed by atoms with van der Waals surface area (Å²) >= 11 is 0. The van der Waals surface area contributed by atoms with Crippen molar-refractivity contribution in [2.45, 2.75) is 38.5 Å². The highest BCUT2D eigenvalue weighted by Gasteiger charge is 2.24. The lowest BCUT2D eigenvalue weighted by Crippen LogP contribution is -1.99. The van der Waals surface area contributed by atoms with E-state index in [0.717, 1.165) is 24.3 Å². The van der Waals surface area contributed by atoms with Crippen LogP contribution in [0.25, 0.3) is 11.5 Å². The van der Waals surface area contributed by atoms with Crippen LogP contribution in [0.3, 0.4) is 0 Å². The number of benzene rings is 1. The van der Waals surface area contributed by atoms with Gasteiger partial charge in [0.05, 0.1) is 17.9 Å². The molecule has 0 bridgehead atoms. The lowest BCUT2D eigenvalue weighted by atomic mass is 10.1. The van der Waals surface area contributed by atoms with Crippen molar-refractivity contribution in [2.75, 3.05) is 12.3 Å². The molecule has 1 fully saturated rings. The van der Waals surface area contributed by atoms with Gasteiger partial charge in [0.15, 0.2) is 5.75 Å². The molecule has 0 radical (unpaired) electrons. The molecular formula is C15H19N3O2. The van der Waals surface area contributed by atoms with E-state index < -0.39 is 0 Å². The number of anilines is 1. The molecule has 0 aliphatic heterocycles. The zero-order chi connectivity index (χ0) is 13.9. The van der Waals surface area contributed by atoms with Crippen molar-refractivity contribution in [3.63, 3.8) is 0 Å². The molecule has 0 atom stereocenters. The van der Waals surface area contributed by atoms with Crippen molar-refractivity contribution in [3.8, 4) is 17.2 Å². The predicted octanol–water partition coefficient (Wildman–Crippen LogP) is 3.38. The van der Waals surface area contributed by atoms with E-state index in [4.69, 9.17) is 14.9 Å². The third-order valence-electron chi connectivity index (χ3n) is 3.71. The first kappa shape index (κ1) is 13.0. The van der Waals surface area contributed by atoms with Crippen LogP contribution in [0.4, 0.5) is 5.69 Å². The van der Waals surface area contributed by atoms with Crippen molar-refractivity contribution in [2.24, 2.45) is 0 Å². The maximum absolute atomic E-state index is 5.96. The molecule has 3 rings (SSSR count). The maximum atomic E-state index is 5.96. The van der Waals surface area contributed by atoms with Gasteiger partial charge in [-0.25, -0.2) is 0 Å². The number of hydrogen-bond donors (Lipinski definition) is 1. The Balaban J connectivity index is 1.94. The molecule has 0 amide bonds. The smallest absolute Gasteiger partial charge is 0.251 e. The van der Waals surface area contributed by atoms with E-state index in [1.54, 1.807) is 0 Å². The molecule has 0 spiro atoms. The molecule has 1 aromatic carbocycles. The Bertz CT molecular complexity index is 589. The summed E-state index contributed by atoms with van der Waals surface area (Å²) in [6.45, 7) is 2.47. The summed E-state index contributed by atoms with van der Waals surface area (Å²) in [4.78, 5) is 0. The van der Waals surface area contributed by atoms with E-state index in [1.165, 1.54) is 12.8 Å². The van der Waals surface area contributed by atoms with Gasteiger partial charge in [-0.3, -0.25) is 0 Å². The summed E-state index contributed by atoms with van der Waals surface area (Å²) in [7, 11) is 0. The molecule has 20 heavy (non-hydrogen) atoms. The third-order valence-corrected chi connectivity index (χ3v) is 3.71. The number of hydrogen-bond acceptors (Lipinski definition) is 5. The summed E-state index contributed by atoms with van der Waals surface area (Å²) in [5.74, 6) is 2.26. The van der Waals surface area contributed by atoms with Crippen molar-refractivity contribution < 1.29 is 9.15 Å². The minimum Gasteiger partial charge on any atom is -0.491 e. The Morgan fingerprint density at radius 3 is 2.85 bits per heavy atom. The largest absolute Gasteiger partial charge is 0.491 e. The van der Waals surface area contributed by atoms with Gasteiger partial charge in [0.2, 0.25) is 5.89 Å². The third kappa shape index (κ3) is 2.35. The van der Waals surface area contributed by atoms with Gasteiger partial charge >= 0.3 is 0 Å². The molecule has 1 aromatic heterocycles. The number of rotatable bonds is 4. The molecule has 1 saturated carbocycles. The molecule has 5 nitrogen and oxygen atoms in total. The van der Waals surface area contributed by atoms with Crippen LogP contribution in [0, 0.1) is 0 Å². The Morgan fingerprint density at radius 1 is 1.30 bits per heavy atom. The van der Waals surface area contributed by atoms with E-state index in [0.29, 0.717) is 29.9 Å². The van der Waals surface area contributed by atoms with E-state index in [-0.39, 0.29) is 0 Å². The summed E-state index contributed by atoms with van der Waals surface area (Å²) in [5.41, 5.74) is 7.31. The van der Waals surface area contributed by atoms with Gasteiger partial charge in [-0.1, -0.05) is 18.9 Å². The summed E-state index contributed by atoms with van der Waals surface area (Å²) < 4.78 is 11.4. The monoisotopic (exact) mass is 273 g/mol. The number of nitrogens with two attached hydrogens (primary N) is 1. The minimum atomic E-state index is 0.410. The van der Waals surface area contributed by atoms with Crippen LogP contribution >= 0.6 is 0 Å². The van der Waals surface area contributed by atoms with Crippen LogP contribution in [0.1, 0.15) is 44.4 Å². The molecule has 5 heteroatoms. The summed E-state index contributed by atoms with van der Waals surface area (Å²) in [5, 5.41) is 8.36. The number of ether oxygens (including phenoxy) is 1. The summed E-state index contributed by atoms with van der Waals surface area (Å²) in [6.07, 6.45) is 4.75. The van der Waals surface area contributed by atoms with Crippen LogP contribution in [0.2, 0.25) is 0 Å². The van der Waals surface area contributed by atoms with Gasteiger partial charge in [0, 0.05) is 5.92 Å². The molecular weight excluding hydrogens is 254 g/mol. The van der Waals surface area contributed by atoms with Crippen molar-refractivity contribution in [1.82, 2.24) is 10.2 Å². The zero-order valence-electron chi connectivity index (χ0n) is 11.6. The molecule has 0 unspecified atom stereocenters. The van der Waals surface area contributed by atoms with E-state index >= 15 is 0 Å². The molecule has 2 N–H and O–H groups in total. The highest BCUT2D eigenvalue weighted by atomic mass is 16.5. The Kier molecular flexibility index (Phi) is 3.58. The Labute approximate surface area is 118 Å². The van der Waals surface area contributed by atoms with Crippen LogP contribution < -0.4 is 10.5 Å². The fourth-order valence-corrected chi connectivity index (χ4v) is 2.71. The number of nitrogen functional groups attached to an aromatic ring is 1. The normalized spacial score (nSPS) is 15.7. The molecule has 2 aromatic rings. The zero-order valence-corrected chi connectivity index (χ0v) is 11.6. The second kappa shape index (κ2) is 5.53. The van der Waals surface area contributed by atoms with Gasteiger partial charge in [0.1, 0.15) is 0 Å². The number of para-hydroxylation sites is 1. The van der Waals surface area contributed by atoms with E-state index in [9.17, 15) is 0 Å². The first-order chi connectivity index (χ1) is 9.79. The van der Waals surface area contributed by atoms with Crippen LogP contribution in [0.5, 0.6) is 5.75 Å². The first-order valence-corrected chi connectivity index (χ1v) is 7.14. The van der Waals surface area contributed by atoms with E-state index in [1.807, 2.05) is 25.1 Å². The number of aromatic nitrogens is 2. The Hall–Kier alpha value is -2.04. The fraction of sp³-hybridized carbons (Fsp3) is 0.467. The SMILES string of the molecule is CCOc1c(N)cccc1-c1nnc(C2CCCC2)o1. The molecule has 106 valence electrons. The maximum Gasteiger partial charge on any atom is 0.251 e. The topological polar surface area (TPSA) is 74.2 Å². The van der Waals surface area contributed by atoms with Crippen molar-refractivity contribution >= 4 is 5.69 Å². The molecule has 0 saturated heterocycles. The minimum absolute atomic E-state index is 0.410. The highest BCUT2D eigenvalue weighted by Crippen LogP contribution is 2.37. The first-order valence-electron chi connectivity index (χ1n) is 7.14. The second-order valence-corrected chi connectivity index (χ2v) is 5.08. The van der Waals surface area contributed by atoms with Gasteiger partial charge in [-0.2, -0.15) is 0 Å². The van der Waals surface area contributed by atoms with Crippen LogP contribution in [-0.2, 0) is 0 Å². The quantitative estimate of drug-likeness (QED) is 0.864. The fourth-order valence-electron chi connectivity index (χ4n) is 2.71. The standard InChI is InChI=1S/C15H19N3O2/c1-2-19-13-11(8-5-9-12(13)16)15-18-17-14(20-15)10-6-3-4-7-10/h5,8-10H,2-4,6-7,16H2,1H3. The van der Waals surface area contributed by atoms with E-state index in [2.05, 4.69) is 10.2 Å². The van der Waals surface area contributed by atoms with Crippen LogP contribution in [-0.4, -0.2) is 16.8 Å². The summed E-state index contributed by atoms with van der Waals surface area (Å²) in [6, 6.07) is 5.57. The van der Waals surface area contributed by atoms with Gasteiger partial charge in [-0.15, -0.1) is 10.2 Å². The van der Waals surface area contributed by atoms with Crippen molar-refractivity contribution in [1.29, 1.82) is 0 Å². The lowest BCUT2D eigenvalue weighted by molar-refractivity contribution is 0.342. The van der Waals surface area contributed by atoms with Crippen LogP contribution in [0.15, 0.2) is 22.6 Å². The van der Waals surface area contributed by atoms with Gasteiger partial charge < -0.3 is 14.9 Å². The molecule has 1 aliphatic carbocycles. The average molecular weight is 273 g/mol. The predicted molar refractivity (Wildman–Crippen MR) is 76.5 cm³/mol. The second-order valence-electron chi connectivity index (χ2n) is 5.08. The van der Waals surface area contributed by atoms with Crippen molar-refractivity contribution in [3.05, 3.63) is 24.1 Å². The Morgan fingerprint density at radius 2 is 2.10 bits per heavy atom. The number of nitrogens with zero attached hydrogens (tertiary/aromatic N) is 2. The lowest BCUT2D eigenvalue weighted by Gasteiger charge is -2.09. The highest BCUT2D eigenvalue weighted by molar-refractivity contribution is 5.72. The van der Waals surface area contributed by atoms with Gasteiger partial charge in [0.25, 0.3) is 5.89 Å². The molecule has 1 heterocycles. The molecule has 1 aliphatic rings. The van der Waals surface area contributed by atoms with Gasteiger partial charge in [-0.05, 0) is 31.9 Å². The average Bonchev–Trinajstić information content (AvgIpc) is 3.11.